The first-order valence-electron chi connectivity index (χ1n) is 7.09. The number of aromatic nitrogens is 1. The van der Waals surface area contributed by atoms with Crippen molar-refractivity contribution in [1.29, 1.82) is 0 Å². The van der Waals surface area contributed by atoms with Crippen molar-refractivity contribution in [3.8, 4) is 17.2 Å². The Morgan fingerprint density at radius 2 is 1.82 bits per heavy atom. The molecule has 0 atom stereocenters. The number of ether oxygens (including phenoxy) is 1. The lowest BCUT2D eigenvalue weighted by Gasteiger charge is -2.06. The van der Waals surface area contributed by atoms with Crippen LogP contribution < -0.4 is 4.74 Å². The largest absolute Gasteiger partial charge is 0.444 e. The maximum atomic E-state index is 12.2. The summed E-state index contributed by atoms with van der Waals surface area (Å²) < 4.78 is 10.8. The van der Waals surface area contributed by atoms with Gasteiger partial charge in [-0.15, -0.1) is 0 Å². The third kappa shape index (κ3) is 2.91. The number of benzene rings is 2. The van der Waals surface area contributed by atoms with Crippen molar-refractivity contribution < 1.29 is 13.9 Å². The Bertz CT molecular complexity index is 778. The van der Waals surface area contributed by atoms with Gasteiger partial charge in [0.2, 0.25) is 5.89 Å². The van der Waals surface area contributed by atoms with Crippen LogP contribution in [0.1, 0.15) is 23.0 Å². The summed E-state index contributed by atoms with van der Waals surface area (Å²) in [7, 11) is 0. The third-order valence-corrected chi connectivity index (χ3v) is 3.29. The van der Waals surface area contributed by atoms with Crippen molar-refractivity contribution in [1.82, 2.24) is 4.98 Å². The fourth-order valence-corrected chi connectivity index (χ4v) is 2.13. The van der Waals surface area contributed by atoms with Gasteiger partial charge in [0.1, 0.15) is 12.0 Å². The van der Waals surface area contributed by atoms with Gasteiger partial charge in [-0.3, -0.25) is 0 Å². The molecule has 22 heavy (non-hydrogen) atoms. The molecule has 0 unspecified atom stereocenters. The van der Waals surface area contributed by atoms with Crippen LogP contribution in [0.4, 0.5) is 0 Å². The van der Waals surface area contributed by atoms with Crippen molar-refractivity contribution in [2.45, 2.75) is 13.3 Å². The smallest absolute Gasteiger partial charge is 0.365 e. The maximum Gasteiger partial charge on any atom is 0.365 e. The molecule has 3 aromatic rings. The summed E-state index contributed by atoms with van der Waals surface area (Å²) in [5.74, 6) is 0.433. The maximum absolute atomic E-state index is 12.2. The molecule has 4 nitrogen and oxygen atoms in total. The molecule has 0 radical (unpaired) electrons. The predicted octanol–water partition coefficient (Wildman–Crippen LogP) is 4.12. The Kier molecular flexibility index (Phi) is 4.01. The van der Waals surface area contributed by atoms with Crippen LogP contribution in [0.2, 0.25) is 0 Å². The average molecular weight is 293 g/mol. The second-order valence-electron chi connectivity index (χ2n) is 4.75. The Hall–Kier alpha value is -2.88. The molecule has 0 N–H and O–H groups in total. The summed E-state index contributed by atoms with van der Waals surface area (Å²) in [5, 5.41) is 0. The van der Waals surface area contributed by atoms with Gasteiger partial charge in [0.05, 0.1) is 0 Å². The second kappa shape index (κ2) is 6.26. The first-order chi connectivity index (χ1) is 10.8. The standard InChI is InChI=1S/C18H15NO3/c1-2-13-8-6-7-11-16(13)22-18(20)15-12-21-17(19-15)14-9-4-3-5-10-14/h3-12H,2H2,1H3. The first-order valence-corrected chi connectivity index (χ1v) is 7.09. The van der Waals surface area contributed by atoms with E-state index in [0.717, 1.165) is 17.5 Å². The van der Waals surface area contributed by atoms with E-state index in [0.29, 0.717) is 11.6 Å². The first kappa shape index (κ1) is 14.1. The highest BCUT2D eigenvalue weighted by Crippen LogP contribution is 2.21. The van der Waals surface area contributed by atoms with Crippen LogP contribution in [0.25, 0.3) is 11.5 Å². The van der Waals surface area contributed by atoms with E-state index in [-0.39, 0.29) is 5.69 Å². The molecular formula is C18H15NO3. The van der Waals surface area contributed by atoms with Gasteiger partial charge in [0.25, 0.3) is 0 Å². The fourth-order valence-electron chi connectivity index (χ4n) is 2.13. The molecular weight excluding hydrogens is 278 g/mol. The number of carbonyl (C=O) groups excluding carboxylic acids is 1. The summed E-state index contributed by atoms with van der Waals surface area (Å²) in [6.07, 6.45) is 2.11. The Labute approximate surface area is 128 Å². The van der Waals surface area contributed by atoms with E-state index in [1.54, 1.807) is 6.07 Å². The SMILES string of the molecule is CCc1ccccc1OC(=O)c1coc(-c2ccccc2)n1. The summed E-state index contributed by atoms with van der Waals surface area (Å²) in [6, 6.07) is 16.9. The van der Waals surface area contributed by atoms with E-state index in [4.69, 9.17) is 9.15 Å². The van der Waals surface area contributed by atoms with Gasteiger partial charge in [-0.05, 0) is 30.2 Å². The van der Waals surface area contributed by atoms with E-state index >= 15 is 0 Å². The zero-order valence-corrected chi connectivity index (χ0v) is 12.2. The predicted molar refractivity (Wildman–Crippen MR) is 82.7 cm³/mol. The molecule has 0 aliphatic carbocycles. The molecule has 0 aliphatic rings. The minimum Gasteiger partial charge on any atom is -0.444 e. The fraction of sp³-hybridized carbons (Fsp3) is 0.111. The molecule has 3 rings (SSSR count). The van der Waals surface area contributed by atoms with Gasteiger partial charge in [0, 0.05) is 5.56 Å². The molecule has 2 aromatic carbocycles. The van der Waals surface area contributed by atoms with Gasteiger partial charge in [0.15, 0.2) is 5.69 Å². The molecule has 1 aromatic heterocycles. The van der Waals surface area contributed by atoms with Crippen molar-refractivity contribution in [2.24, 2.45) is 0 Å². The van der Waals surface area contributed by atoms with Gasteiger partial charge >= 0.3 is 5.97 Å². The van der Waals surface area contributed by atoms with Crippen LogP contribution in [-0.4, -0.2) is 11.0 Å². The summed E-state index contributed by atoms with van der Waals surface area (Å²) in [5.41, 5.74) is 1.95. The van der Waals surface area contributed by atoms with Gasteiger partial charge in [-0.2, -0.15) is 0 Å². The number of para-hydroxylation sites is 1. The molecule has 110 valence electrons. The minimum atomic E-state index is -0.521. The number of carbonyl (C=O) groups is 1. The molecule has 0 amide bonds. The summed E-state index contributed by atoms with van der Waals surface area (Å²) >= 11 is 0. The highest BCUT2D eigenvalue weighted by atomic mass is 16.5. The number of rotatable bonds is 4. The third-order valence-electron chi connectivity index (χ3n) is 3.29. The van der Waals surface area contributed by atoms with Gasteiger partial charge in [-0.25, -0.2) is 9.78 Å². The lowest BCUT2D eigenvalue weighted by molar-refractivity contribution is 0.0727. The number of hydrogen-bond donors (Lipinski definition) is 0. The molecule has 0 aliphatic heterocycles. The normalized spacial score (nSPS) is 10.4. The van der Waals surface area contributed by atoms with Gasteiger partial charge in [-0.1, -0.05) is 43.3 Å². The highest BCUT2D eigenvalue weighted by Gasteiger charge is 2.16. The second-order valence-corrected chi connectivity index (χ2v) is 4.75. The van der Waals surface area contributed by atoms with E-state index in [9.17, 15) is 4.79 Å². The Balaban J connectivity index is 1.80. The zero-order valence-electron chi connectivity index (χ0n) is 12.2. The summed E-state index contributed by atoms with van der Waals surface area (Å²) in [4.78, 5) is 16.4. The number of oxazole rings is 1. The van der Waals surface area contributed by atoms with E-state index in [2.05, 4.69) is 4.98 Å². The molecule has 0 saturated carbocycles. The molecule has 1 heterocycles. The van der Waals surface area contributed by atoms with E-state index in [1.165, 1.54) is 6.26 Å². The van der Waals surface area contributed by atoms with Crippen LogP contribution in [0.5, 0.6) is 5.75 Å². The summed E-state index contributed by atoms with van der Waals surface area (Å²) in [6.45, 7) is 2.01. The van der Waals surface area contributed by atoms with Crippen LogP contribution in [-0.2, 0) is 6.42 Å². The topological polar surface area (TPSA) is 52.3 Å². The minimum absolute atomic E-state index is 0.157. The van der Waals surface area contributed by atoms with E-state index in [1.807, 2.05) is 55.5 Å². The Morgan fingerprint density at radius 1 is 1.09 bits per heavy atom. The molecule has 0 spiro atoms. The molecule has 0 bridgehead atoms. The number of hydrogen-bond acceptors (Lipinski definition) is 4. The highest BCUT2D eigenvalue weighted by molar-refractivity contribution is 5.89. The van der Waals surface area contributed by atoms with Crippen molar-refractivity contribution in [3.05, 3.63) is 72.1 Å². The van der Waals surface area contributed by atoms with Crippen LogP contribution in [0, 0.1) is 0 Å². The monoisotopic (exact) mass is 293 g/mol. The van der Waals surface area contributed by atoms with E-state index < -0.39 is 5.97 Å². The Morgan fingerprint density at radius 3 is 2.59 bits per heavy atom. The van der Waals surface area contributed by atoms with Crippen LogP contribution in [0.15, 0.2) is 65.3 Å². The lowest BCUT2D eigenvalue weighted by atomic mass is 10.1. The van der Waals surface area contributed by atoms with Crippen LogP contribution >= 0.6 is 0 Å². The molecule has 0 saturated heterocycles. The molecule has 0 fully saturated rings. The quantitative estimate of drug-likeness (QED) is 0.536. The zero-order chi connectivity index (χ0) is 15.4. The van der Waals surface area contributed by atoms with Gasteiger partial charge < -0.3 is 9.15 Å². The number of aryl methyl sites for hydroxylation is 1. The number of esters is 1. The van der Waals surface area contributed by atoms with Crippen LogP contribution in [0.3, 0.4) is 0 Å². The van der Waals surface area contributed by atoms with Crippen molar-refractivity contribution >= 4 is 5.97 Å². The molecule has 4 heteroatoms. The van der Waals surface area contributed by atoms with Crippen molar-refractivity contribution in [3.63, 3.8) is 0 Å². The van der Waals surface area contributed by atoms with Crippen molar-refractivity contribution in [2.75, 3.05) is 0 Å². The average Bonchev–Trinajstić information content (AvgIpc) is 3.06. The number of nitrogens with zero attached hydrogens (tertiary/aromatic N) is 1. The lowest BCUT2D eigenvalue weighted by Crippen LogP contribution is -2.10.